The lowest BCUT2D eigenvalue weighted by Crippen LogP contribution is -2.30. The third kappa shape index (κ3) is 4.32. The number of halogens is 1. The number of pyridine rings is 1. The van der Waals surface area contributed by atoms with Gasteiger partial charge in [0.05, 0.1) is 14.9 Å². The minimum absolute atomic E-state index is 0.169. The third-order valence-electron chi connectivity index (χ3n) is 3.35. The van der Waals surface area contributed by atoms with Gasteiger partial charge in [-0.3, -0.25) is 5.43 Å². The van der Waals surface area contributed by atoms with Crippen molar-refractivity contribution in [3.63, 3.8) is 0 Å². The van der Waals surface area contributed by atoms with Crippen LogP contribution in [0.4, 0.5) is 5.82 Å². The first kappa shape index (κ1) is 18.9. The molecule has 0 aliphatic carbocycles. The van der Waals surface area contributed by atoms with Crippen molar-refractivity contribution in [2.75, 3.05) is 18.5 Å². The van der Waals surface area contributed by atoms with E-state index in [1.165, 1.54) is 27.9 Å². The molecular formula is C15H19ClN4O2S2. The van der Waals surface area contributed by atoms with E-state index in [-0.39, 0.29) is 4.90 Å². The van der Waals surface area contributed by atoms with Gasteiger partial charge >= 0.3 is 0 Å². The van der Waals surface area contributed by atoms with E-state index < -0.39 is 10.0 Å². The van der Waals surface area contributed by atoms with Crippen LogP contribution < -0.4 is 5.43 Å². The molecule has 24 heavy (non-hydrogen) atoms. The van der Waals surface area contributed by atoms with Crippen LogP contribution in [0.2, 0.25) is 4.34 Å². The molecule has 2 rings (SSSR count). The molecule has 0 aliphatic heterocycles. The van der Waals surface area contributed by atoms with Gasteiger partial charge in [-0.05, 0) is 31.2 Å². The monoisotopic (exact) mass is 386 g/mol. The van der Waals surface area contributed by atoms with Crippen molar-refractivity contribution >= 4 is 44.5 Å². The zero-order valence-corrected chi connectivity index (χ0v) is 16.0. The molecule has 0 bridgehead atoms. The van der Waals surface area contributed by atoms with Crippen LogP contribution in [0.3, 0.4) is 0 Å². The first-order valence-electron chi connectivity index (χ1n) is 7.40. The number of thiophene rings is 1. The second-order valence-electron chi connectivity index (χ2n) is 4.88. The summed E-state index contributed by atoms with van der Waals surface area (Å²) in [5.41, 5.74) is 3.59. The summed E-state index contributed by atoms with van der Waals surface area (Å²) in [5, 5.41) is 4.23. The second kappa shape index (κ2) is 8.06. The number of nitrogens with zero attached hydrogens (tertiary/aromatic N) is 3. The molecule has 0 radical (unpaired) electrons. The first-order chi connectivity index (χ1) is 11.4. The van der Waals surface area contributed by atoms with Gasteiger partial charge in [-0.1, -0.05) is 25.4 Å². The van der Waals surface area contributed by atoms with Crippen LogP contribution in [0.15, 0.2) is 40.5 Å². The maximum atomic E-state index is 12.4. The molecule has 0 aliphatic rings. The van der Waals surface area contributed by atoms with Crippen molar-refractivity contribution in [1.29, 1.82) is 0 Å². The molecule has 2 aromatic rings. The van der Waals surface area contributed by atoms with Gasteiger partial charge < -0.3 is 0 Å². The van der Waals surface area contributed by atoms with Crippen LogP contribution in [-0.2, 0) is 10.0 Å². The molecule has 0 fully saturated rings. The predicted molar refractivity (Wildman–Crippen MR) is 99.5 cm³/mol. The number of anilines is 1. The Labute approximate surface area is 151 Å². The summed E-state index contributed by atoms with van der Waals surface area (Å²) in [7, 11) is -3.50. The van der Waals surface area contributed by atoms with Gasteiger partial charge in [0.15, 0.2) is 0 Å². The minimum Gasteiger partial charge on any atom is -0.261 e. The molecule has 6 nitrogen and oxygen atoms in total. The van der Waals surface area contributed by atoms with Crippen LogP contribution in [0.5, 0.6) is 0 Å². The van der Waals surface area contributed by atoms with E-state index in [9.17, 15) is 8.42 Å². The molecule has 0 saturated carbocycles. The molecule has 9 heteroatoms. The average molecular weight is 387 g/mol. The van der Waals surface area contributed by atoms with Gasteiger partial charge in [-0.25, -0.2) is 13.4 Å². The second-order valence-corrected chi connectivity index (χ2v) is 8.53. The van der Waals surface area contributed by atoms with Crippen LogP contribution in [-0.4, -0.2) is 36.5 Å². The lowest BCUT2D eigenvalue weighted by Gasteiger charge is -2.18. The van der Waals surface area contributed by atoms with Crippen molar-refractivity contribution in [2.24, 2.45) is 5.10 Å². The van der Waals surface area contributed by atoms with E-state index >= 15 is 0 Å². The number of rotatable bonds is 7. The summed E-state index contributed by atoms with van der Waals surface area (Å²) in [5.74, 6) is 0.468. The quantitative estimate of drug-likeness (QED) is 0.582. The molecule has 0 aromatic carbocycles. The Kier molecular flexibility index (Phi) is 6.34. The van der Waals surface area contributed by atoms with E-state index in [1.54, 1.807) is 19.9 Å². The number of aromatic nitrogens is 1. The fourth-order valence-electron chi connectivity index (χ4n) is 2.02. The van der Waals surface area contributed by atoms with E-state index in [2.05, 4.69) is 15.5 Å². The van der Waals surface area contributed by atoms with E-state index in [0.29, 0.717) is 23.2 Å². The highest BCUT2D eigenvalue weighted by Crippen LogP contribution is 2.22. The van der Waals surface area contributed by atoms with Gasteiger partial charge in [-0.15, -0.1) is 11.3 Å². The fraction of sp³-hybridized carbons (Fsp3) is 0.333. The normalized spacial score (nSPS) is 12.6. The van der Waals surface area contributed by atoms with Gasteiger partial charge in [0.1, 0.15) is 10.7 Å². The Morgan fingerprint density at radius 1 is 1.29 bits per heavy atom. The van der Waals surface area contributed by atoms with Crippen molar-refractivity contribution < 1.29 is 8.42 Å². The number of nitrogens with one attached hydrogen (secondary N) is 1. The fourth-order valence-corrected chi connectivity index (χ4v) is 4.41. The highest BCUT2D eigenvalue weighted by atomic mass is 35.5. The predicted octanol–water partition coefficient (Wildman–Crippen LogP) is 3.66. The Morgan fingerprint density at radius 3 is 2.50 bits per heavy atom. The molecule has 0 amide bonds. The third-order valence-corrected chi connectivity index (χ3v) is 6.72. The Morgan fingerprint density at radius 2 is 2.00 bits per heavy atom. The Bertz CT molecular complexity index is 812. The largest absolute Gasteiger partial charge is 0.261 e. The van der Waals surface area contributed by atoms with Gasteiger partial charge in [0.2, 0.25) is 10.0 Å². The van der Waals surface area contributed by atoms with Crippen molar-refractivity contribution in [1.82, 2.24) is 9.29 Å². The first-order valence-corrected chi connectivity index (χ1v) is 10.0. The lowest BCUT2D eigenvalue weighted by molar-refractivity contribution is 0.445. The summed E-state index contributed by atoms with van der Waals surface area (Å²) < 4.78 is 26.9. The highest BCUT2D eigenvalue weighted by Gasteiger charge is 2.21. The van der Waals surface area contributed by atoms with E-state index in [0.717, 1.165) is 10.6 Å². The Balaban J connectivity index is 2.12. The maximum absolute atomic E-state index is 12.4. The lowest BCUT2D eigenvalue weighted by atomic mass is 10.3. The molecule has 2 aromatic heterocycles. The molecule has 0 saturated heterocycles. The zero-order valence-electron chi connectivity index (χ0n) is 13.7. The molecule has 0 atom stereocenters. The van der Waals surface area contributed by atoms with Gasteiger partial charge in [0, 0.05) is 19.3 Å². The molecule has 0 spiro atoms. The summed E-state index contributed by atoms with van der Waals surface area (Å²) in [6.45, 7) is 6.31. The minimum atomic E-state index is -3.50. The summed E-state index contributed by atoms with van der Waals surface area (Å²) in [6, 6.07) is 6.82. The average Bonchev–Trinajstić information content (AvgIpc) is 3.00. The van der Waals surface area contributed by atoms with Crippen LogP contribution in [0.1, 0.15) is 25.6 Å². The van der Waals surface area contributed by atoms with Crippen LogP contribution in [0.25, 0.3) is 0 Å². The highest BCUT2D eigenvalue weighted by molar-refractivity contribution is 7.89. The Hall–Kier alpha value is -1.48. The summed E-state index contributed by atoms with van der Waals surface area (Å²) >= 11 is 7.34. The molecular weight excluding hydrogens is 368 g/mol. The van der Waals surface area contributed by atoms with Crippen molar-refractivity contribution in [2.45, 2.75) is 25.7 Å². The summed E-state index contributed by atoms with van der Waals surface area (Å²) in [4.78, 5) is 5.24. The van der Waals surface area contributed by atoms with Gasteiger partial charge in [0.25, 0.3) is 0 Å². The number of hydrogen-bond acceptors (Lipinski definition) is 6. The van der Waals surface area contributed by atoms with E-state index in [1.807, 2.05) is 19.1 Å². The van der Waals surface area contributed by atoms with Crippen molar-refractivity contribution in [3.05, 3.63) is 39.7 Å². The molecule has 130 valence electrons. The number of sulfonamides is 1. The maximum Gasteiger partial charge on any atom is 0.244 e. The summed E-state index contributed by atoms with van der Waals surface area (Å²) in [6.07, 6.45) is 1.34. The van der Waals surface area contributed by atoms with E-state index in [4.69, 9.17) is 11.6 Å². The standard InChI is InChI=1S/C15H19ClN4O2S2/c1-4-20(5-2)24(21,22)12-6-9-15(17-10-12)19-18-11(3)13-7-8-14(16)23-13/h6-10H,4-5H2,1-3H3,(H,17,19)/b18-11-. The number of hydrazone groups is 1. The number of hydrogen-bond donors (Lipinski definition) is 1. The van der Waals surface area contributed by atoms with Crippen LogP contribution in [0, 0.1) is 0 Å². The molecule has 1 N–H and O–H groups in total. The molecule has 2 heterocycles. The smallest absolute Gasteiger partial charge is 0.244 e. The van der Waals surface area contributed by atoms with Crippen LogP contribution >= 0.6 is 22.9 Å². The van der Waals surface area contributed by atoms with Gasteiger partial charge in [-0.2, -0.15) is 9.41 Å². The zero-order chi connectivity index (χ0) is 17.7. The SMILES string of the molecule is CCN(CC)S(=O)(=O)c1ccc(N/N=C(/C)c2ccc(Cl)s2)nc1. The molecule has 0 unspecified atom stereocenters. The topological polar surface area (TPSA) is 74.7 Å². The van der Waals surface area contributed by atoms with Crippen molar-refractivity contribution in [3.8, 4) is 0 Å².